The highest BCUT2D eigenvalue weighted by atomic mass is 32.2. The van der Waals surface area contributed by atoms with Gasteiger partial charge in [0, 0.05) is 18.7 Å². The van der Waals surface area contributed by atoms with E-state index in [0.717, 1.165) is 24.9 Å². The minimum absolute atomic E-state index is 0.0333. The molecule has 0 aromatic heterocycles. The Labute approximate surface area is 138 Å². The van der Waals surface area contributed by atoms with Gasteiger partial charge in [0.25, 0.3) is 5.91 Å². The number of hydrogen-bond donors (Lipinski definition) is 2. The molecule has 1 aromatic rings. The molecule has 6 nitrogen and oxygen atoms in total. The number of nitrogens with one attached hydrogen (secondary N) is 1. The molecule has 0 saturated carbocycles. The highest BCUT2D eigenvalue weighted by molar-refractivity contribution is 7.89. The van der Waals surface area contributed by atoms with Crippen LogP contribution < -0.4 is 10.5 Å². The Bertz CT molecular complexity index is 693. The lowest BCUT2D eigenvalue weighted by Crippen LogP contribution is -2.40. The maximum absolute atomic E-state index is 12.7. The van der Waals surface area contributed by atoms with Crippen LogP contribution in [0.4, 0.5) is 0 Å². The van der Waals surface area contributed by atoms with E-state index in [1.807, 2.05) is 7.05 Å². The smallest absolute Gasteiger partial charge is 0.253 e. The van der Waals surface area contributed by atoms with Crippen molar-refractivity contribution in [1.82, 2.24) is 10.2 Å². The Morgan fingerprint density at radius 2 is 1.91 bits per heavy atom. The molecule has 1 amide bonds. The molecule has 1 aliphatic rings. The Morgan fingerprint density at radius 1 is 1.30 bits per heavy atom. The SMILES string of the molecule is CNCC1CCN(C(=O)c2cc(C)c(C)c(S(N)(=O)=O)c2)CC1. The van der Waals surface area contributed by atoms with Crippen LogP contribution in [-0.2, 0) is 10.0 Å². The second-order valence-electron chi connectivity index (χ2n) is 6.25. The zero-order valence-corrected chi connectivity index (χ0v) is 14.7. The van der Waals surface area contributed by atoms with Crippen molar-refractivity contribution in [2.24, 2.45) is 11.1 Å². The molecule has 2 rings (SSSR count). The molecule has 1 aromatic carbocycles. The van der Waals surface area contributed by atoms with E-state index < -0.39 is 10.0 Å². The maximum Gasteiger partial charge on any atom is 0.253 e. The lowest BCUT2D eigenvalue weighted by Gasteiger charge is -2.32. The van der Waals surface area contributed by atoms with Gasteiger partial charge in [-0.1, -0.05) is 0 Å². The number of carbonyl (C=O) groups is 1. The van der Waals surface area contributed by atoms with Gasteiger partial charge in [-0.3, -0.25) is 4.79 Å². The maximum atomic E-state index is 12.7. The number of piperidine rings is 1. The van der Waals surface area contributed by atoms with Crippen molar-refractivity contribution in [3.05, 3.63) is 28.8 Å². The van der Waals surface area contributed by atoms with E-state index in [-0.39, 0.29) is 10.8 Å². The topological polar surface area (TPSA) is 92.5 Å². The monoisotopic (exact) mass is 339 g/mol. The van der Waals surface area contributed by atoms with E-state index in [0.29, 0.717) is 30.1 Å². The zero-order chi connectivity index (χ0) is 17.2. The average molecular weight is 339 g/mol. The Morgan fingerprint density at radius 3 is 2.43 bits per heavy atom. The van der Waals surface area contributed by atoms with Crippen molar-refractivity contribution in [1.29, 1.82) is 0 Å². The summed E-state index contributed by atoms with van der Waals surface area (Å²) in [5, 5.41) is 8.43. The lowest BCUT2D eigenvalue weighted by atomic mass is 9.96. The number of sulfonamides is 1. The van der Waals surface area contributed by atoms with E-state index in [2.05, 4.69) is 5.32 Å². The molecule has 23 heavy (non-hydrogen) atoms. The van der Waals surface area contributed by atoms with E-state index in [1.54, 1.807) is 24.8 Å². The predicted octanol–water partition coefficient (Wildman–Crippen LogP) is 1.02. The number of benzene rings is 1. The number of nitrogens with two attached hydrogens (primary N) is 1. The van der Waals surface area contributed by atoms with Gasteiger partial charge in [0.2, 0.25) is 10.0 Å². The summed E-state index contributed by atoms with van der Waals surface area (Å²) in [7, 11) is -1.91. The number of carbonyl (C=O) groups excluding carboxylic acids is 1. The molecule has 0 spiro atoms. The van der Waals surface area contributed by atoms with Gasteiger partial charge in [0.05, 0.1) is 4.90 Å². The van der Waals surface area contributed by atoms with Crippen LogP contribution in [0.15, 0.2) is 17.0 Å². The Kier molecular flexibility index (Phi) is 5.44. The summed E-state index contributed by atoms with van der Waals surface area (Å²) >= 11 is 0. The van der Waals surface area contributed by atoms with E-state index in [9.17, 15) is 13.2 Å². The molecular formula is C16H25N3O3S. The molecule has 1 heterocycles. The zero-order valence-electron chi connectivity index (χ0n) is 13.9. The molecule has 7 heteroatoms. The third kappa shape index (κ3) is 4.10. The van der Waals surface area contributed by atoms with Gasteiger partial charge in [-0.05, 0) is 69.5 Å². The summed E-state index contributed by atoms with van der Waals surface area (Å²) < 4.78 is 23.4. The highest BCUT2D eigenvalue weighted by Crippen LogP contribution is 2.23. The van der Waals surface area contributed by atoms with Crippen molar-refractivity contribution < 1.29 is 13.2 Å². The number of nitrogens with zero attached hydrogens (tertiary/aromatic N) is 1. The Hall–Kier alpha value is -1.44. The number of aryl methyl sites for hydroxylation is 1. The first-order valence-corrected chi connectivity index (χ1v) is 9.36. The first-order valence-electron chi connectivity index (χ1n) is 7.82. The molecular weight excluding hydrogens is 314 g/mol. The fraction of sp³-hybridized carbons (Fsp3) is 0.562. The highest BCUT2D eigenvalue weighted by Gasteiger charge is 2.25. The molecule has 0 bridgehead atoms. The van der Waals surface area contributed by atoms with Crippen molar-refractivity contribution >= 4 is 15.9 Å². The van der Waals surface area contributed by atoms with Crippen molar-refractivity contribution in [3.63, 3.8) is 0 Å². The van der Waals surface area contributed by atoms with Crippen LogP contribution in [0.5, 0.6) is 0 Å². The second-order valence-corrected chi connectivity index (χ2v) is 7.78. The fourth-order valence-electron chi connectivity index (χ4n) is 3.06. The van der Waals surface area contributed by atoms with Crippen LogP contribution in [0.1, 0.15) is 34.3 Å². The van der Waals surface area contributed by atoms with Crippen molar-refractivity contribution in [2.45, 2.75) is 31.6 Å². The molecule has 128 valence electrons. The van der Waals surface area contributed by atoms with Crippen LogP contribution in [0.25, 0.3) is 0 Å². The van der Waals surface area contributed by atoms with Gasteiger partial charge >= 0.3 is 0 Å². The summed E-state index contributed by atoms with van der Waals surface area (Å²) in [4.78, 5) is 14.5. The number of likely N-dealkylation sites (tertiary alicyclic amines) is 1. The molecule has 3 N–H and O–H groups in total. The molecule has 0 radical (unpaired) electrons. The van der Waals surface area contributed by atoms with E-state index in [4.69, 9.17) is 5.14 Å². The van der Waals surface area contributed by atoms with Gasteiger partial charge < -0.3 is 10.2 Å². The summed E-state index contributed by atoms with van der Waals surface area (Å²) in [6, 6.07) is 3.14. The quantitative estimate of drug-likeness (QED) is 0.857. The third-order valence-electron chi connectivity index (χ3n) is 4.57. The van der Waals surface area contributed by atoms with Gasteiger partial charge in [0.15, 0.2) is 0 Å². The number of amides is 1. The summed E-state index contributed by atoms with van der Waals surface area (Å²) in [6.07, 6.45) is 1.92. The van der Waals surface area contributed by atoms with Gasteiger partial charge in [0.1, 0.15) is 0 Å². The summed E-state index contributed by atoms with van der Waals surface area (Å²) in [5.41, 5.74) is 1.74. The largest absolute Gasteiger partial charge is 0.339 e. The van der Waals surface area contributed by atoms with Crippen LogP contribution in [0.3, 0.4) is 0 Å². The molecule has 0 atom stereocenters. The normalized spacial score (nSPS) is 16.6. The molecule has 1 aliphatic heterocycles. The molecule has 0 aliphatic carbocycles. The number of primary sulfonamides is 1. The van der Waals surface area contributed by atoms with Gasteiger partial charge in [-0.15, -0.1) is 0 Å². The lowest BCUT2D eigenvalue weighted by molar-refractivity contribution is 0.0690. The standard InChI is InChI=1S/C16H25N3O3S/c1-11-8-14(9-15(12(11)2)23(17,21)22)16(20)19-6-4-13(5-7-19)10-18-3/h8-9,13,18H,4-7,10H2,1-3H3,(H2,17,21,22). The molecule has 0 unspecified atom stereocenters. The molecule has 1 fully saturated rings. The summed E-state index contributed by atoms with van der Waals surface area (Å²) in [6.45, 7) is 5.85. The van der Waals surface area contributed by atoms with Crippen molar-refractivity contribution in [3.8, 4) is 0 Å². The fourth-order valence-corrected chi connectivity index (χ4v) is 3.94. The third-order valence-corrected chi connectivity index (χ3v) is 5.60. The predicted molar refractivity (Wildman–Crippen MR) is 89.8 cm³/mol. The van der Waals surface area contributed by atoms with Crippen LogP contribution in [0.2, 0.25) is 0 Å². The number of hydrogen-bond acceptors (Lipinski definition) is 4. The van der Waals surface area contributed by atoms with E-state index in [1.165, 1.54) is 6.07 Å². The first-order chi connectivity index (χ1) is 10.7. The average Bonchev–Trinajstić information content (AvgIpc) is 2.49. The number of rotatable bonds is 4. The van der Waals surface area contributed by atoms with Crippen LogP contribution in [-0.4, -0.2) is 45.9 Å². The van der Waals surface area contributed by atoms with Crippen LogP contribution >= 0.6 is 0 Å². The molecule has 1 saturated heterocycles. The first kappa shape index (κ1) is 17.9. The minimum Gasteiger partial charge on any atom is -0.339 e. The minimum atomic E-state index is -3.84. The summed E-state index contributed by atoms with van der Waals surface area (Å²) in [5.74, 6) is 0.463. The van der Waals surface area contributed by atoms with Gasteiger partial charge in [-0.25, -0.2) is 13.6 Å². The Balaban J connectivity index is 2.22. The van der Waals surface area contributed by atoms with Crippen molar-refractivity contribution in [2.75, 3.05) is 26.7 Å². The van der Waals surface area contributed by atoms with E-state index >= 15 is 0 Å². The second kappa shape index (κ2) is 6.98. The van der Waals surface area contributed by atoms with Crippen LogP contribution in [0, 0.1) is 19.8 Å². The van der Waals surface area contributed by atoms with Gasteiger partial charge in [-0.2, -0.15) is 0 Å².